The predicted octanol–water partition coefficient (Wildman–Crippen LogP) is 4.67. The minimum atomic E-state index is 0.343. The Morgan fingerprint density at radius 2 is 1.91 bits per heavy atom. The fourth-order valence-electron chi connectivity index (χ4n) is 4.26. The lowest BCUT2D eigenvalue weighted by molar-refractivity contribution is -0.120. The SMILES string of the molecule is CSc1cc(C)nc(SC)c1CCCC(=O)CN1CCN(CCSc2nc3ncccc3o2)CC1. The van der Waals surface area contributed by atoms with Crippen molar-refractivity contribution < 1.29 is 9.21 Å². The molecule has 0 amide bonds. The number of fused-ring (bicyclic) bond motifs is 1. The summed E-state index contributed by atoms with van der Waals surface area (Å²) in [6.45, 7) is 7.46. The molecule has 1 aliphatic heterocycles. The van der Waals surface area contributed by atoms with Crippen LogP contribution in [0.3, 0.4) is 0 Å². The Hall–Kier alpha value is -1.59. The van der Waals surface area contributed by atoms with Crippen LogP contribution in [0.5, 0.6) is 0 Å². The Kier molecular flexibility index (Phi) is 9.91. The molecule has 10 heteroatoms. The van der Waals surface area contributed by atoms with Gasteiger partial charge in [0, 0.05) is 61.7 Å². The molecule has 0 unspecified atom stereocenters. The molecule has 0 bridgehead atoms. The highest BCUT2D eigenvalue weighted by Gasteiger charge is 2.19. The van der Waals surface area contributed by atoms with Gasteiger partial charge >= 0.3 is 0 Å². The summed E-state index contributed by atoms with van der Waals surface area (Å²) in [5.41, 5.74) is 3.75. The van der Waals surface area contributed by atoms with Gasteiger partial charge in [0.2, 0.25) is 0 Å². The summed E-state index contributed by atoms with van der Waals surface area (Å²) in [7, 11) is 0. The van der Waals surface area contributed by atoms with Crippen molar-refractivity contribution in [3.63, 3.8) is 0 Å². The first-order valence-corrected chi connectivity index (χ1v) is 15.4. The molecule has 4 heterocycles. The Bertz CT molecular complexity index is 1070. The summed E-state index contributed by atoms with van der Waals surface area (Å²) in [6, 6.07) is 5.91. The summed E-state index contributed by atoms with van der Waals surface area (Å²) in [5, 5.41) is 1.78. The second-order valence-electron chi connectivity index (χ2n) is 8.62. The Morgan fingerprint density at radius 1 is 1.11 bits per heavy atom. The molecule has 1 saturated heterocycles. The molecule has 1 fully saturated rings. The molecule has 0 spiro atoms. The average Bonchev–Trinajstić information content (AvgIpc) is 3.28. The molecular formula is C25H33N5O2S3. The predicted molar refractivity (Wildman–Crippen MR) is 146 cm³/mol. The quantitative estimate of drug-likeness (QED) is 0.308. The van der Waals surface area contributed by atoms with E-state index in [0.29, 0.717) is 29.6 Å². The van der Waals surface area contributed by atoms with Gasteiger partial charge in [-0.3, -0.25) is 14.6 Å². The van der Waals surface area contributed by atoms with Gasteiger partial charge in [0.1, 0.15) is 10.8 Å². The van der Waals surface area contributed by atoms with Gasteiger partial charge in [0.05, 0.1) is 6.54 Å². The van der Waals surface area contributed by atoms with Gasteiger partial charge in [0.15, 0.2) is 11.2 Å². The number of rotatable bonds is 12. The number of oxazole rings is 1. The maximum atomic E-state index is 12.6. The van der Waals surface area contributed by atoms with Crippen LogP contribution in [-0.2, 0) is 11.2 Å². The lowest BCUT2D eigenvalue weighted by atomic mass is 10.1. The van der Waals surface area contributed by atoms with Crippen molar-refractivity contribution in [3.8, 4) is 0 Å². The topological polar surface area (TPSA) is 75.4 Å². The molecule has 0 atom stereocenters. The lowest BCUT2D eigenvalue weighted by Crippen LogP contribution is -2.48. The number of thioether (sulfide) groups is 3. The third-order valence-electron chi connectivity index (χ3n) is 6.11. The molecule has 35 heavy (non-hydrogen) atoms. The van der Waals surface area contributed by atoms with Gasteiger partial charge in [0.25, 0.3) is 5.22 Å². The van der Waals surface area contributed by atoms with Gasteiger partial charge in [-0.05, 0) is 56.0 Å². The van der Waals surface area contributed by atoms with E-state index >= 15 is 0 Å². The molecule has 0 saturated carbocycles. The molecular weight excluding hydrogens is 499 g/mol. The van der Waals surface area contributed by atoms with Crippen molar-refractivity contribution in [2.75, 3.05) is 57.5 Å². The number of carbonyl (C=O) groups is 1. The van der Waals surface area contributed by atoms with Gasteiger partial charge in [-0.2, -0.15) is 4.98 Å². The number of hydrogen-bond donors (Lipinski definition) is 0. The number of aromatic nitrogens is 3. The van der Waals surface area contributed by atoms with Crippen LogP contribution in [0.4, 0.5) is 0 Å². The molecule has 0 N–H and O–H groups in total. The van der Waals surface area contributed by atoms with E-state index in [1.807, 2.05) is 19.1 Å². The molecule has 3 aromatic rings. The molecule has 4 rings (SSSR count). The van der Waals surface area contributed by atoms with Crippen molar-refractivity contribution in [2.45, 2.75) is 41.3 Å². The zero-order chi connectivity index (χ0) is 24.6. The number of ketones is 1. The van der Waals surface area contributed by atoms with Crippen molar-refractivity contribution in [1.82, 2.24) is 24.8 Å². The molecule has 1 aliphatic rings. The van der Waals surface area contributed by atoms with Crippen LogP contribution in [0.25, 0.3) is 11.2 Å². The highest BCUT2D eigenvalue weighted by molar-refractivity contribution is 7.99. The van der Waals surface area contributed by atoms with Gasteiger partial charge < -0.3 is 4.42 Å². The van der Waals surface area contributed by atoms with Crippen molar-refractivity contribution in [3.05, 3.63) is 35.7 Å². The number of nitrogens with zero attached hydrogens (tertiary/aromatic N) is 5. The summed E-state index contributed by atoms with van der Waals surface area (Å²) in [5.74, 6) is 1.27. The highest BCUT2D eigenvalue weighted by atomic mass is 32.2. The van der Waals surface area contributed by atoms with E-state index in [9.17, 15) is 4.79 Å². The summed E-state index contributed by atoms with van der Waals surface area (Å²) in [6.07, 6.45) is 8.34. The van der Waals surface area contributed by atoms with Crippen LogP contribution < -0.4 is 0 Å². The van der Waals surface area contributed by atoms with Crippen LogP contribution >= 0.6 is 35.3 Å². The highest BCUT2D eigenvalue weighted by Crippen LogP contribution is 2.30. The maximum Gasteiger partial charge on any atom is 0.258 e. The first-order chi connectivity index (χ1) is 17.1. The number of pyridine rings is 2. The van der Waals surface area contributed by atoms with Crippen LogP contribution in [0.1, 0.15) is 24.1 Å². The molecule has 7 nitrogen and oxygen atoms in total. The van der Waals surface area contributed by atoms with Crippen molar-refractivity contribution in [1.29, 1.82) is 0 Å². The van der Waals surface area contributed by atoms with E-state index in [1.54, 1.807) is 41.5 Å². The van der Waals surface area contributed by atoms with Crippen LogP contribution in [-0.4, -0.2) is 88.1 Å². The monoisotopic (exact) mass is 531 g/mol. The average molecular weight is 532 g/mol. The third kappa shape index (κ3) is 7.45. The van der Waals surface area contributed by atoms with Crippen LogP contribution in [0.2, 0.25) is 0 Å². The van der Waals surface area contributed by atoms with Gasteiger partial charge in [-0.25, -0.2) is 9.97 Å². The molecule has 0 radical (unpaired) electrons. The maximum absolute atomic E-state index is 12.6. The van der Waals surface area contributed by atoms with Crippen LogP contribution in [0.15, 0.2) is 44.0 Å². The summed E-state index contributed by atoms with van der Waals surface area (Å²) in [4.78, 5) is 32.0. The van der Waals surface area contributed by atoms with E-state index < -0.39 is 0 Å². The number of aryl methyl sites for hydroxylation is 1. The standard InChI is InChI=1S/C25H33N5O2S3/c1-18-16-22(33-2)20(24(27-18)34-3)7-4-6-19(31)17-30-12-10-29(11-13-30)14-15-35-25-28-23-21(32-25)8-5-9-26-23/h5,8-9,16H,4,6-7,10-15,17H2,1-3H3. The molecule has 0 aliphatic carbocycles. The second kappa shape index (κ2) is 13.1. The van der Waals surface area contributed by atoms with E-state index in [4.69, 9.17) is 4.42 Å². The van der Waals surface area contributed by atoms with Gasteiger partial charge in [-0.1, -0.05) is 11.8 Å². The third-order valence-corrected chi connectivity index (χ3v) is 8.45. The zero-order valence-electron chi connectivity index (χ0n) is 20.7. The number of hydrogen-bond acceptors (Lipinski definition) is 10. The number of carbonyl (C=O) groups excluding carboxylic acids is 1. The van der Waals surface area contributed by atoms with E-state index in [0.717, 1.165) is 67.6 Å². The lowest BCUT2D eigenvalue weighted by Gasteiger charge is -2.34. The van der Waals surface area contributed by atoms with Crippen molar-refractivity contribution in [2.24, 2.45) is 0 Å². The van der Waals surface area contributed by atoms with Crippen molar-refractivity contribution >= 4 is 52.3 Å². The number of piperazine rings is 1. The van der Waals surface area contributed by atoms with E-state index in [-0.39, 0.29) is 0 Å². The fourth-order valence-corrected chi connectivity index (χ4v) is 6.57. The Labute approximate surface area is 220 Å². The molecule has 3 aromatic heterocycles. The number of Topliss-reactive ketones (excluding diaryl/α,β-unsaturated/α-hetero) is 1. The second-order valence-corrected chi connectivity index (χ2v) is 11.3. The largest absolute Gasteiger partial charge is 0.430 e. The first-order valence-electron chi connectivity index (χ1n) is 11.9. The van der Waals surface area contributed by atoms with Gasteiger partial charge in [-0.15, -0.1) is 23.5 Å². The molecule has 0 aromatic carbocycles. The normalized spacial score (nSPS) is 15.2. The van der Waals surface area contributed by atoms with E-state index in [2.05, 4.69) is 43.3 Å². The first kappa shape index (κ1) is 26.5. The van der Waals surface area contributed by atoms with Crippen LogP contribution in [0, 0.1) is 6.92 Å². The Balaban J connectivity index is 1.14. The zero-order valence-corrected chi connectivity index (χ0v) is 23.1. The van der Waals surface area contributed by atoms with E-state index in [1.165, 1.54) is 10.5 Å². The fraction of sp³-hybridized carbons (Fsp3) is 0.520. The summed E-state index contributed by atoms with van der Waals surface area (Å²) >= 11 is 5.09. The smallest absolute Gasteiger partial charge is 0.258 e. The Morgan fingerprint density at radius 3 is 2.66 bits per heavy atom. The minimum Gasteiger partial charge on any atom is -0.430 e. The minimum absolute atomic E-state index is 0.343. The summed E-state index contributed by atoms with van der Waals surface area (Å²) < 4.78 is 5.73. The molecule has 188 valence electrons.